The van der Waals surface area contributed by atoms with Crippen LogP contribution < -0.4 is 5.32 Å². The van der Waals surface area contributed by atoms with Crippen molar-refractivity contribution < 1.29 is 9.90 Å². The fourth-order valence-electron chi connectivity index (χ4n) is 4.36. The van der Waals surface area contributed by atoms with Crippen LogP contribution in [-0.2, 0) is 17.6 Å². The Hall–Kier alpha value is -1.77. The number of hydrogen-bond acceptors (Lipinski definition) is 2. The summed E-state index contributed by atoms with van der Waals surface area (Å²) >= 11 is 0. The van der Waals surface area contributed by atoms with Gasteiger partial charge < -0.3 is 10.4 Å². The van der Waals surface area contributed by atoms with Crippen LogP contribution in [0.1, 0.15) is 68.7 Å². The van der Waals surface area contributed by atoms with E-state index in [0.29, 0.717) is 11.5 Å². The number of amides is 1. The second-order valence-electron chi connectivity index (χ2n) is 7.61. The van der Waals surface area contributed by atoms with E-state index in [1.165, 1.54) is 5.56 Å². The first-order chi connectivity index (χ1) is 11.4. The maximum Gasteiger partial charge on any atom is 0.256 e. The van der Waals surface area contributed by atoms with Crippen molar-refractivity contribution in [3.63, 3.8) is 0 Å². The standard InChI is InChI=1S/C21H29NO2/c1-5-15-11-14(4)12-16(6-2)17(15)18-19(23)21(22-20(18)24)9-7-13(3)8-10-21/h11-13,23H,5-10H2,1-4H3,(H,22,24). The van der Waals surface area contributed by atoms with E-state index >= 15 is 0 Å². The number of benzene rings is 1. The van der Waals surface area contributed by atoms with Gasteiger partial charge in [0.15, 0.2) is 0 Å². The number of carbonyl (C=O) groups excluding carboxylic acids is 1. The first kappa shape index (κ1) is 17.1. The summed E-state index contributed by atoms with van der Waals surface area (Å²) in [4.78, 5) is 12.8. The third-order valence-corrected chi connectivity index (χ3v) is 5.86. The van der Waals surface area contributed by atoms with E-state index in [2.05, 4.69) is 45.1 Å². The van der Waals surface area contributed by atoms with Crippen molar-refractivity contribution >= 4 is 11.5 Å². The van der Waals surface area contributed by atoms with Gasteiger partial charge in [-0.2, -0.15) is 0 Å². The number of nitrogens with one attached hydrogen (secondary N) is 1. The van der Waals surface area contributed by atoms with Gasteiger partial charge in [0.1, 0.15) is 5.76 Å². The van der Waals surface area contributed by atoms with Gasteiger partial charge >= 0.3 is 0 Å². The van der Waals surface area contributed by atoms with E-state index in [1.807, 2.05) is 0 Å². The van der Waals surface area contributed by atoms with E-state index in [1.54, 1.807) is 0 Å². The van der Waals surface area contributed by atoms with Crippen LogP contribution in [0, 0.1) is 12.8 Å². The summed E-state index contributed by atoms with van der Waals surface area (Å²) in [5.74, 6) is 0.851. The lowest BCUT2D eigenvalue weighted by atomic mass is 9.76. The lowest BCUT2D eigenvalue weighted by Crippen LogP contribution is -2.47. The van der Waals surface area contributed by atoms with Crippen LogP contribution in [0.4, 0.5) is 0 Å². The molecule has 1 aliphatic carbocycles. The zero-order valence-electron chi connectivity index (χ0n) is 15.3. The van der Waals surface area contributed by atoms with Crippen molar-refractivity contribution in [3.05, 3.63) is 40.1 Å². The van der Waals surface area contributed by atoms with Crippen LogP contribution in [0.5, 0.6) is 0 Å². The highest BCUT2D eigenvalue weighted by atomic mass is 16.3. The smallest absolute Gasteiger partial charge is 0.256 e. The zero-order valence-corrected chi connectivity index (χ0v) is 15.3. The van der Waals surface area contributed by atoms with Gasteiger partial charge in [0, 0.05) is 0 Å². The van der Waals surface area contributed by atoms with Crippen LogP contribution in [0.25, 0.3) is 5.57 Å². The summed E-state index contributed by atoms with van der Waals surface area (Å²) in [6.45, 7) is 8.56. The maximum absolute atomic E-state index is 12.8. The molecular formula is C21H29NO2. The van der Waals surface area contributed by atoms with Gasteiger partial charge in [0.2, 0.25) is 0 Å². The topological polar surface area (TPSA) is 49.3 Å². The average molecular weight is 327 g/mol. The lowest BCUT2D eigenvalue weighted by Gasteiger charge is -2.36. The Morgan fingerprint density at radius 3 is 2.21 bits per heavy atom. The van der Waals surface area contributed by atoms with Crippen molar-refractivity contribution in [2.75, 3.05) is 0 Å². The monoisotopic (exact) mass is 327 g/mol. The third kappa shape index (κ3) is 2.64. The molecule has 1 aliphatic heterocycles. The molecule has 0 atom stereocenters. The van der Waals surface area contributed by atoms with Crippen LogP contribution >= 0.6 is 0 Å². The van der Waals surface area contributed by atoms with Gasteiger partial charge in [-0.25, -0.2) is 0 Å². The summed E-state index contributed by atoms with van der Waals surface area (Å²) in [5.41, 5.74) is 4.50. The molecule has 1 aromatic carbocycles. The SMILES string of the molecule is CCc1cc(C)cc(CC)c1C1=C(O)C2(CCC(C)CC2)NC1=O. The highest BCUT2D eigenvalue weighted by Gasteiger charge is 2.47. The maximum atomic E-state index is 12.8. The number of aryl methyl sites for hydroxylation is 3. The molecule has 1 spiro atoms. The number of aliphatic hydroxyl groups is 1. The molecule has 24 heavy (non-hydrogen) atoms. The summed E-state index contributed by atoms with van der Waals surface area (Å²) in [5, 5.41) is 14.2. The highest BCUT2D eigenvalue weighted by molar-refractivity contribution is 6.24. The quantitative estimate of drug-likeness (QED) is 0.860. The molecule has 2 aliphatic rings. The van der Waals surface area contributed by atoms with Crippen molar-refractivity contribution in [2.45, 2.75) is 71.8 Å². The predicted octanol–water partition coefficient (Wildman–Crippen LogP) is 4.47. The molecular weight excluding hydrogens is 298 g/mol. The summed E-state index contributed by atoms with van der Waals surface area (Å²) in [7, 11) is 0. The summed E-state index contributed by atoms with van der Waals surface area (Å²) in [6, 6.07) is 4.30. The normalized spacial score (nSPS) is 27.0. The second kappa shape index (κ2) is 6.27. The van der Waals surface area contributed by atoms with Crippen molar-refractivity contribution in [2.24, 2.45) is 5.92 Å². The van der Waals surface area contributed by atoms with Crippen LogP contribution in [0.2, 0.25) is 0 Å². The van der Waals surface area contributed by atoms with Crippen LogP contribution in [0.3, 0.4) is 0 Å². The van der Waals surface area contributed by atoms with Crippen molar-refractivity contribution in [1.29, 1.82) is 0 Å². The van der Waals surface area contributed by atoms with Crippen LogP contribution in [0.15, 0.2) is 17.9 Å². The van der Waals surface area contributed by atoms with Gasteiger partial charge in [-0.1, -0.05) is 38.5 Å². The molecule has 0 aromatic heterocycles. The Bertz CT molecular complexity index is 669. The second-order valence-corrected chi connectivity index (χ2v) is 7.61. The molecule has 0 unspecified atom stereocenters. The molecule has 3 heteroatoms. The van der Waals surface area contributed by atoms with E-state index < -0.39 is 5.54 Å². The summed E-state index contributed by atoms with van der Waals surface area (Å²) in [6.07, 6.45) is 5.49. The largest absolute Gasteiger partial charge is 0.509 e. The van der Waals surface area contributed by atoms with Gasteiger partial charge in [-0.05, 0) is 68.1 Å². The number of carbonyl (C=O) groups is 1. The minimum Gasteiger partial charge on any atom is -0.509 e. The fourth-order valence-corrected chi connectivity index (χ4v) is 4.36. The van der Waals surface area contributed by atoms with E-state index in [4.69, 9.17) is 0 Å². The molecule has 130 valence electrons. The lowest BCUT2D eigenvalue weighted by molar-refractivity contribution is -0.116. The van der Waals surface area contributed by atoms with Crippen molar-refractivity contribution in [1.82, 2.24) is 5.32 Å². The van der Waals surface area contributed by atoms with Gasteiger partial charge in [0.05, 0.1) is 11.1 Å². The molecule has 2 N–H and O–H groups in total. The first-order valence-corrected chi connectivity index (χ1v) is 9.30. The Labute approximate surface area is 145 Å². The first-order valence-electron chi connectivity index (χ1n) is 9.30. The Morgan fingerprint density at radius 1 is 1.17 bits per heavy atom. The minimum absolute atomic E-state index is 0.102. The molecule has 1 heterocycles. The molecule has 0 bridgehead atoms. The minimum atomic E-state index is -0.528. The zero-order chi connectivity index (χ0) is 17.5. The van der Waals surface area contributed by atoms with Crippen LogP contribution in [-0.4, -0.2) is 16.6 Å². The molecule has 0 radical (unpaired) electrons. The molecule has 3 rings (SSSR count). The number of hydrogen-bond donors (Lipinski definition) is 2. The Balaban J connectivity index is 2.15. The highest BCUT2D eigenvalue weighted by Crippen LogP contribution is 2.44. The van der Waals surface area contributed by atoms with E-state index in [9.17, 15) is 9.90 Å². The van der Waals surface area contributed by atoms with Crippen molar-refractivity contribution in [3.8, 4) is 0 Å². The molecule has 1 saturated carbocycles. The number of rotatable bonds is 3. The Kier molecular flexibility index (Phi) is 4.46. The molecule has 3 nitrogen and oxygen atoms in total. The molecule has 1 fully saturated rings. The molecule has 1 aromatic rings. The van der Waals surface area contributed by atoms with Gasteiger partial charge in [-0.15, -0.1) is 0 Å². The number of aliphatic hydroxyl groups excluding tert-OH is 1. The fraction of sp³-hybridized carbons (Fsp3) is 0.571. The Morgan fingerprint density at radius 2 is 1.71 bits per heavy atom. The predicted molar refractivity (Wildman–Crippen MR) is 98.0 cm³/mol. The third-order valence-electron chi connectivity index (χ3n) is 5.86. The van der Waals surface area contributed by atoms with Gasteiger partial charge in [0.25, 0.3) is 5.91 Å². The van der Waals surface area contributed by atoms with E-state index in [0.717, 1.165) is 55.2 Å². The summed E-state index contributed by atoms with van der Waals surface area (Å²) < 4.78 is 0. The average Bonchev–Trinajstić information content (AvgIpc) is 2.80. The molecule has 0 saturated heterocycles. The molecule has 1 amide bonds. The van der Waals surface area contributed by atoms with E-state index in [-0.39, 0.29) is 11.7 Å². The van der Waals surface area contributed by atoms with Gasteiger partial charge in [-0.3, -0.25) is 4.79 Å².